The summed E-state index contributed by atoms with van der Waals surface area (Å²) in [5.74, 6) is 0. The van der Waals surface area contributed by atoms with Gasteiger partial charge in [-0.2, -0.15) is 0 Å². The topological polar surface area (TPSA) is 40.1 Å². The molecular weight excluding hydrogens is 92.1 g/mol. The Bertz CT molecular complexity index is 125. The second kappa shape index (κ2) is 1.36. The van der Waals surface area contributed by atoms with E-state index in [1.807, 2.05) is 6.92 Å². The Labute approximate surface area is 41.5 Å². The maximum Gasteiger partial charge on any atom is 0.292 e. The van der Waals surface area contributed by atoms with E-state index in [1.54, 1.807) is 7.05 Å². The van der Waals surface area contributed by atoms with Crippen LogP contribution in [0.25, 0.3) is 0 Å². The van der Waals surface area contributed by atoms with Crippen molar-refractivity contribution in [1.29, 1.82) is 0 Å². The number of rotatable bonds is 0. The van der Waals surface area contributed by atoms with Crippen LogP contribution in [0.15, 0.2) is 15.5 Å². The van der Waals surface area contributed by atoms with Crippen LogP contribution >= 0.6 is 0 Å². The lowest BCUT2D eigenvalue weighted by Gasteiger charge is -1.71. The van der Waals surface area contributed by atoms with Gasteiger partial charge in [-0.25, -0.2) is 0 Å². The summed E-state index contributed by atoms with van der Waals surface area (Å²) in [6.45, 7) is 1.88. The third kappa shape index (κ3) is 0.792. The summed E-state index contributed by atoms with van der Waals surface area (Å²) >= 11 is 0. The molecule has 0 N–H and O–H groups in total. The predicted molar refractivity (Wildman–Crippen MR) is 22.9 cm³/mol. The second-order valence-corrected chi connectivity index (χ2v) is 1.44. The fourth-order valence-electron chi connectivity index (χ4n) is 0.437. The summed E-state index contributed by atoms with van der Waals surface area (Å²) in [4.78, 5) is 1.46. The summed E-state index contributed by atoms with van der Waals surface area (Å²) in [5, 5.41) is 11.2. The van der Waals surface area contributed by atoms with Gasteiger partial charge in [-0.3, -0.25) is 0 Å². The largest absolute Gasteiger partial charge is 0.292 e. The van der Waals surface area contributed by atoms with Crippen LogP contribution in [-0.4, -0.2) is 18.0 Å². The Morgan fingerprint density at radius 1 is 1.57 bits per heavy atom. The predicted octanol–water partition coefficient (Wildman–Crippen LogP) is 0.808. The molecule has 0 aromatic heterocycles. The zero-order valence-electron chi connectivity index (χ0n) is 4.37. The van der Waals surface area contributed by atoms with Crippen LogP contribution in [0.1, 0.15) is 6.92 Å². The second-order valence-electron chi connectivity index (χ2n) is 1.44. The molecule has 1 heterocycles. The van der Waals surface area contributed by atoms with Crippen molar-refractivity contribution in [2.45, 2.75) is 13.1 Å². The van der Waals surface area contributed by atoms with E-state index in [1.165, 1.54) is 4.81 Å². The minimum Gasteiger partial charge on any atom is -0.0440 e. The zero-order chi connectivity index (χ0) is 5.28. The Kier molecular flexibility index (Phi) is 0.850. The van der Waals surface area contributed by atoms with Crippen molar-refractivity contribution in [3.8, 4) is 0 Å². The van der Waals surface area contributed by atoms with Crippen LogP contribution in [0.2, 0.25) is 0 Å². The fourth-order valence-corrected chi connectivity index (χ4v) is 0.437. The van der Waals surface area contributed by atoms with Crippen molar-refractivity contribution in [1.82, 2.24) is 0 Å². The van der Waals surface area contributed by atoms with Crippen molar-refractivity contribution >= 4 is 0 Å². The number of azo groups is 1. The monoisotopic (exact) mass is 99.1 g/mol. The molecule has 0 aromatic carbocycles. The first-order valence-electron chi connectivity index (χ1n) is 2.14. The Morgan fingerprint density at radius 2 is 2.29 bits per heavy atom. The number of nitrogens with zero attached hydrogens (tertiary/aromatic N) is 4. The Morgan fingerprint density at radius 3 is 2.43 bits per heavy atom. The smallest absolute Gasteiger partial charge is 0.0440 e. The summed E-state index contributed by atoms with van der Waals surface area (Å²) in [6.07, 6.45) is 0.0324. The molecule has 1 aliphatic heterocycles. The van der Waals surface area contributed by atoms with Gasteiger partial charge in [-0.1, -0.05) is 0 Å². The summed E-state index contributed by atoms with van der Waals surface area (Å²) in [7, 11) is 1.76. The van der Waals surface area contributed by atoms with Gasteiger partial charge in [0.05, 0.1) is 5.11 Å². The molecule has 0 saturated carbocycles. The van der Waals surface area contributed by atoms with Crippen LogP contribution in [0.5, 0.6) is 0 Å². The molecule has 1 unspecified atom stereocenters. The van der Waals surface area contributed by atoms with E-state index in [4.69, 9.17) is 0 Å². The molecule has 0 saturated heterocycles. The van der Waals surface area contributed by atoms with E-state index >= 15 is 0 Å². The van der Waals surface area contributed by atoms with Crippen molar-refractivity contribution in [2.75, 3.05) is 7.05 Å². The van der Waals surface area contributed by atoms with Crippen LogP contribution < -0.4 is 0 Å². The fraction of sp³-hybridized carbons (Fsp3) is 1.00. The molecule has 4 nitrogen and oxygen atoms in total. The van der Waals surface area contributed by atoms with E-state index in [9.17, 15) is 0 Å². The molecule has 1 rings (SSSR count). The van der Waals surface area contributed by atoms with Crippen molar-refractivity contribution in [3.05, 3.63) is 0 Å². The highest BCUT2D eigenvalue weighted by atomic mass is 15.6. The van der Waals surface area contributed by atoms with Gasteiger partial charge in [0, 0.05) is 6.92 Å². The first-order chi connectivity index (χ1) is 3.29. The molecule has 0 bridgehead atoms. The van der Waals surface area contributed by atoms with Gasteiger partial charge in [0.2, 0.25) is 0 Å². The zero-order valence-corrected chi connectivity index (χ0v) is 4.37. The molecule has 0 amide bonds. The van der Waals surface area contributed by atoms with E-state index in [-0.39, 0.29) is 6.17 Å². The van der Waals surface area contributed by atoms with E-state index < -0.39 is 0 Å². The maximum absolute atomic E-state index is 3.89. The van der Waals surface area contributed by atoms with Gasteiger partial charge in [-0.05, 0) is 9.92 Å². The molecule has 0 spiro atoms. The van der Waals surface area contributed by atoms with Crippen LogP contribution in [-0.2, 0) is 0 Å². The Hall–Kier alpha value is -0.800. The number of hydrogen-bond acceptors (Lipinski definition) is 3. The maximum atomic E-state index is 3.89. The van der Waals surface area contributed by atoms with Gasteiger partial charge < -0.3 is 0 Å². The highest BCUT2D eigenvalue weighted by Crippen LogP contribution is 1.99. The van der Waals surface area contributed by atoms with E-state index in [2.05, 4.69) is 15.5 Å². The molecule has 0 aromatic rings. The molecule has 7 heavy (non-hydrogen) atoms. The molecule has 1 aliphatic rings. The average molecular weight is 99.1 g/mol. The minimum atomic E-state index is 0.0324. The van der Waals surface area contributed by atoms with Crippen LogP contribution in [0.3, 0.4) is 0 Å². The summed E-state index contributed by atoms with van der Waals surface area (Å²) in [5.41, 5.74) is 0. The van der Waals surface area contributed by atoms with Gasteiger partial charge in [0.25, 0.3) is 6.17 Å². The van der Waals surface area contributed by atoms with Crippen molar-refractivity contribution in [2.24, 2.45) is 15.5 Å². The average Bonchev–Trinajstić information content (AvgIpc) is 1.87. The third-order valence-electron chi connectivity index (χ3n) is 0.682. The molecule has 1 atom stereocenters. The quantitative estimate of drug-likeness (QED) is 0.403. The Balaban J connectivity index is 2.69. The van der Waals surface area contributed by atoms with Crippen molar-refractivity contribution < 1.29 is 4.81 Å². The molecule has 0 aliphatic carbocycles. The molecule has 0 radical (unpaired) electrons. The van der Waals surface area contributed by atoms with Crippen LogP contribution in [0.4, 0.5) is 0 Å². The number of hydrogen-bond donors (Lipinski definition) is 0. The first kappa shape index (κ1) is 4.36. The normalized spacial score (nSPS) is 28.3. The van der Waals surface area contributed by atoms with Gasteiger partial charge >= 0.3 is 0 Å². The standard InChI is InChI=1S/C3H7N4/c1-3-4-6-7(2)5-3/h3H,1-2H3/q+1. The lowest BCUT2D eigenvalue weighted by atomic mass is 10.7. The van der Waals surface area contributed by atoms with Crippen molar-refractivity contribution in [3.63, 3.8) is 0 Å². The lowest BCUT2D eigenvalue weighted by Crippen LogP contribution is -1.88. The summed E-state index contributed by atoms with van der Waals surface area (Å²) in [6, 6.07) is 0. The molecule has 38 valence electrons. The highest BCUT2D eigenvalue weighted by Gasteiger charge is 2.12. The van der Waals surface area contributed by atoms with E-state index in [0.29, 0.717) is 0 Å². The lowest BCUT2D eigenvalue weighted by molar-refractivity contribution is -0.570. The third-order valence-corrected chi connectivity index (χ3v) is 0.682. The van der Waals surface area contributed by atoms with Crippen LogP contribution in [0, 0.1) is 0 Å². The van der Waals surface area contributed by atoms with Gasteiger partial charge in [-0.15, -0.1) is 0 Å². The van der Waals surface area contributed by atoms with Gasteiger partial charge in [0.1, 0.15) is 7.05 Å². The molecule has 0 fully saturated rings. The minimum absolute atomic E-state index is 0.0324. The van der Waals surface area contributed by atoms with Gasteiger partial charge in [0.15, 0.2) is 5.22 Å². The SMILES string of the molecule is CC1N=N[N+](C)=N1. The molecular formula is C3H7N4+. The highest BCUT2D eigenvalue weighted by molar-refractivity contribution is 4.43. The molecule has 4 heteroatoms. The van der Waals surface area contributed by atoms with E-state index in [0.717, 1.165) is 0 Å². The summed E-state index contributed by atoms with van der Waals surface area (Å²) < 4.78 is 0. The first-order valence-corrected chi connectivity index (χ1v) is 2.14.